The van der Waals surface area contributed by atoms with Crippen LogP contribution in [0.15, 0.2) is 14.7 Å². The number of hydrogen-bond acceptors (Lipinski definition) is 5. The average molecular weight is 441 g/mol. The first-order valence-corrected chi connectivity index (χ1v) is 9.27. The molecule has 21 heavy (non-hydrogen) atoms. The number of thiophene rings is 1. The van der Waals surface area contributed by atoms with E-state index in [-0.39, 0.29) is 24.8 Å². The van der Waals surface area contributed by atoms with Gasteiger partial charge in [-0.1, -0.05) is 0 Å². The molecule has 0 amide bonds. The van der Waals surface area contributed by atoms with Gasteiger partial charge in [0.05, 0.1) is 8.68 Å². The van der Waals surface area contributed by atoms with Crippen LogP contribution in [0.5, 0.6) is 0 Å². The summed E-state index contributed by atoms with van der Waals surface area (Å²) in [6, 6.07) is 1.66. The number of aryl methyl sites for hydroxylation is 1. The van der Waals surface area contributed by atoms with E-state index in [9.17, 15) is 8.42 Å². The lowest BCUT2D eigenvalue weighted by atomic mass is 10.3. The highest BCUT2D eigenvalue weighted by atomic mass is 79.9. The summed E-state index contributed by atoms with van der Waals surface area (Å²) in [6.07, 6.45) is 0. The van der Waals surface area contributed by atoms with E-state index in [1.54, 1.807) is 6.07 Å². The van der Waals surface area contributed by atoms with Crippen molar-refractivity contribution in [3.8, 4) is 0 Å². The predicted octanol–water partition coefficient (Wildman–Crippen LogP) is 1.85. The van der Waals surface area contributed by atoms with Crippen molar-refractivity contribution >= 4 is 62.1 Å². The highest BCUT2D eigenvalue weighted by Gasteiger charge is 2.19. The summed E-state index contributed by atoms with van der Waals surface area (Å²) in [5, 5.41) is 3.27. The van der Waals surface area contributed by atoms with Gasteiger partial charge in [-0.3, -0.25) is 4.90 Å². The van der Waals surface area contributed by atoms with E-state index >= 15 is 0 Å². The number of rotatable bonds is 5. The summed E-state index contributed by atoms with van der Waals surface area (Å²) in [5.74, 6) is 0. The Bertz CT molecular complexity index is 534. The van der Waals surface area contributed by atoms with E-state index < -0.39 is 10.0 Å². The summed E-state index contributed by atoms with van der Waals surface area (Å²) in [6.45, 7) is 6.93. The zero-order chi connectivity index (χ0) is 13.9. The van der Waals surface area contributed by atoms with Gasteiger partial charge in [-0.25, -0.2) is 13.1 Å². The molecule has 2 rings (SSSR count). The van der Waals surface area contributed by atoms with Crippen LogP contribution in [-0.2, 0) is 10.0 Å². The number of piperazine rings is 1. The summed E-state index contributed by atoms with van der Waals surface area (Å²) in [7, 11) is -3.38. The third-order valence-electron chi connectivity index (χ3n) is 3.06. The van der Waals surface area contributed by atoms with E-state index in [1.165, 1.54) is 11.3 Å². The van der Waals surface area contributed by atoms with Gasteiger partial charge in [-0.2, -0.15) is 0 Å². The largest absolute Gasteiger partial charge is 0.314 e. The quantitative estimate of drug-likeness (QED) is 0.733. The topological polar surface area (TPSA) is 61.4 Å². The molecule has 1 aliphatic heterocycles. The Morgan fingerprint density at radius 2 is 2.00 bits per heavy atom. The van der Waals surface area contributed by atoms with Gasteiger partial charge in [0, 0.05) is 44.1 Å². The summed E-state index contributed by atoms with van der Waals surface area (Å²) in [4.78, 5) is 3.45. The van der Waals surface area contributed by atoms with Crippen molar-refractivity contribution in [1.82, 2.24) is 14.9 Å². The lowest BCUT2D eigenvalue weighted by molar-refractivity contribution is 0.245. The number of nitrogens with zero attached hydrogens (tertiary/aromatic N) is 1. The van der Waals surface area contributed by atoms with Crippen molar-refractivity contribution in [2.75, 3.05) is 39.3 Å². The Balaban J connectivity index is 0.00000200. The van der Waals surface area contributed by atoms with Gasteiger partial charge in [0.15, 0.2) is 0 Å². The number of halogens is 3. The molecular formula is C11H20BrCl2N3O2S2. The van der Waals surface area contributed by atoms with Crippen LogP contribution in [0.3, 0.4) is 0 Å². The van der Waals surface area contributed by atoms with Gasteiger partial charge in [-0.15, -0.1) is 36.2 Å². The van der Waals surface area contributed by atoms with Gasteiger partial charge in [0.1, 0.15) is 0 Å². The van der Waals surface area contributed by atoms with Crippen LogP contribution in [0.4, 0.5) is 0 Å². The Morgan fingerprint density at radius 3 is 2.52 bits per heavy atom. The number of nitrogens with one attached hydrogen (secondary N) is 2. The standard InChI is InChI=1S/C11H18BrN3O2S2.2ClH/c1-9-10(8-11(12)18-9)19(16,17)14-4-7-15-5-2-13-3-6-15;;/h8,13-14H,2-7H2,1H3;2*1H. The van der Waals surface area contributed by atoms with Gasteiger partial charge >= 0.3 is 0 Å². The molecule has 0 aliphatic carbocycles. The minimum atomic E-state index is -3.38. The van der Waals surface area contributed by atoms with Crippen molar-refractivity contribution < 1.29 is 8.42 Å². The Morgan fingerprint density at radius 1 is 1.38 bits per heavy atom. The zero-order valence-corrected chi connectivity index (χ0v) is 16.4. The molecule has 2 heterocycles. The molecule has 0 atom stereocenters. The van der Waals surface area contributed by atoms with Crippen LogP contribution in [0.25, 0.3) is 0 Å². The second-order valence-electron chi connectivity index (χ2n) is 4.46. The fourth-order valence-corrected chi connectivity index (χ4v) is 5.48. The fourth-order valence-electron chi connectivity index (χ4n) is 2.05. The van der Waals surface area contributed by atoms with Crippen LogP contribution < -0.4 is 10.0 Å². The second-order valence-corrected chi connectivity index (χ2v) is 8.83. The second kappa shape index (κ2) is 9.67. The first-order valence-electron chi connectivity index (χ1n) is 6.18. The number of hydrogen-bond donors (Lipinski definition) is 2. The van der Waals surface area contributed by atoms with Gasteiger partial charge < -0.3 is 5.32 Å². The summed E-state index contributed by atoms with van der Waals surface area (Å²) in [5.41, 5.74) is 0. The molecule has 10 heteroatoms. The molecule has 0 unspecified atom stereocenters. The van der Waals surface area contributed by atoms with Gasteiger partial charge in [0.25, 0.3) is 0 Å². The van der Waals surface area contributed by atoms with Crippen LogP contribution in [0.2, 0.25) is 0 Å². The molecule has 0 spiro atoms. The normalized spacial score (nSPS) is 16.1. The van der Waals surface area contributed by atoms with Crippen molar-refractivity contribution in [1.29, 1.82) is 0 Å². The molecule has 1 aromatic rings. The minimum absolute atomic E-state index is 0. The maximum Gasteiger partial charge on any atom is 0.241 e. The molecule has 124 valence electrons. The molecule has 2 N–H and O–H groups in total. The molecule has 1 fully saturated rings. The molecule has 1 aliphatic rings. The van der Waals surface area contributed by atoms with Crippen molar-refractivity contribution in [2.24, 2.45) is 0 Å². The molecule has 0 aromatic carbocycles. The van der Waals surface area contributed by atoms with E-state index in [0.29, 0.717) is 11.4 Å². The van der Waals surface area contributed by atoms with E-state index in [1.807, 2.05) is 6.92 Å². The first-order chi connectivity index (χ1) is 8.99. The Labute approximate surface area is 150 Å². The average Bonchev–Trinajstić information content (AvgIpc) is 2.70. The van der Waals surface area contributed by atoms with Gasteiger partial charge in [-0.05, 0) is 28.9 Å². The van der Waals surface area contributed by atoms with Crippen molar-refractivity contribution in [3.05, 3.63) is 14.7 Å². The molecule has 0 saturated carbocycles. The molecule has 1 aromatic heterocycles. The predicted molar refractivity (Wildman–Crippen MR) is 95.8 cm³/mol. The van der Waals surface area contributed by atoms with E-state index in [2.05, 4.69) is 30.9 Å². The maximum atomic E-state index is 12.2. The zero-order valence-electron chi connectivity index (χ0n) is 11.6. The van der Waals surface area contributed by atoms with E-state index in [4.69, 9.17) is 0 Å². The molecule has 1 saturated heterocycles. The minimum Gasteiger partial charge on any atom is -0.314 e. The lowest BCUT2D eigenvalue weighted by Crippen LogP contribution is -2.46. The SMILES string of the molecule is Cc1sc(Br)cc1S(=O)(=O)NCCN1CCNCC1.Cl.Cl. The molecule has 0 bridgehead atoms. The van der Waals surface area contributed by atoms with Crippen LogP contribution in [0, 0.1) is 6.92 Å². The third kappa shape index (κ3) is 6.31. The van der Waals surface area contributed by atoms with Crippen molar-refractivity contribution in [2.45, 2.75) is 11.8 Å². The summed E-state index contributed by atoms with van der Waals surface area (Å²) < 4.78 is 27.8. The van der Waals surface area contributed by atoms with Crippen LogP contribution in [0.1, 0.15) is 4.88 Å². The van der Waals surface area contributed by atoms with Crippen LogP contribution >= 0.6 is 52.1 Å². The fraction of sp³-hybridized carbons (Fsp3) is 0.636. The monoisotopic (exact) mass is 439 g/mol. The first kappa shape index (κ1) is 21.6. The highest BCUT2D eigenvalue weighted by Crippen LogP contribution is 2.29. The summed E-state index contributed by atoms with van der Waals surface area (Å²) >= 11 is 4.75. The lowest BCUT2D eigenvalue weighted by Gasteiger charge is -2.27. The van der Waals surface area contributed by atoms with Crippen LogP contribution in [-0.4, -0.2) is 52.6 Å². The molecule has 5 nitrogen and oxygen atoms in total. The maximum absolute atomic E-state index is 12.2. The smallest absolute Gasteiger partial charge is 0.241 e. The Kier molecular flexibility index (Phi) is 9.94. The van der Waals surface area contributed by atoms with E-state index in [0.717, 1.165) is 41.4 Å². The van der Waals surface area contributed by atoms with Crippen molar-refractivity contribution in [3.63, 3.8) is 0 Å². The highest BCUT2D eigenvalue weighted by molar-refractivity contribution is 9.11. The Hall–Kier alpha value is 0.590. The van der Waals surface area contributed by atoms with Gasteiger partial charge in [0.2, 0.25) is 10.0 Å². The molecular weight excluding hydrogens is 421 g/mol. The number of sulfonamides is 1. The molecule has 0 radical (unpaired) electrons. The third-order valence-corrected chi connectivity index (χ3v) is 6.33.